The molecule has 0 amide bonds. The number of aromatic nitrogens is 1. The minimum absolute atomic E-state index is 0. The number of rotatable bonds is 1. The highest BCUT2D eigenvalue weighted by molar-refractivity contribution is 7.15. The molecule has 0 spiro atoms. The Morgan fingerprint density at radius 1 is 1.29 bits per heavy atom. The van der Waals surface area contributed by atoms with Gasteiger partial charge in [0.15, 0.2) is 0 Å². The fraction of sp³-hybridized carbons (Fsp3) is 0. The quantitative estimate of drug-likeness (QED) is 0.837. The lowest BCUT2D eigenvalue weighted by Gasteiger charge is -1.99. The maximum atomic E-state index is 5.99. The van der Waals surface area contributed by atoms with Crippen LogP contribution in [0.2, 0.25) is 5.02 Å². The molecule has 2 rings (SSSR count). The molecule has 74 valence electrons. The third-order valence-corrected chi connectivity index (χ3v) is 2.98. The van der Waals surface area contributed by atoms with E-state index in [1.807, 2.05) is 17.5 Å². The van der Waals surface area contributed by atoms with Crippen molar-refractivity contribution in [3.63, 3.8) is 0 Å². The Morgan fingerprint density at radius 3 is 2.43 bits per heavy atom. The topological polar surface area (TPSA) is 38.9 Å². The van der Waals surface area contributed by atoms with Crippen LogP contribution in [0.4, 0.5) is 5.00 Å². The van der Waals surface area contributed by atoms with Crippen molar-refractivity contribution >= 4 is 40.3 Å². The van der Waals surface area contributed by atoms with Crippen LogP contribution in [0.25, 0.3) is 11.1 Å². The maximum Gasteiger partial charge on any atom is 0.0951 e. The van der Waals surface area contributed by atoms with Gasteiger partial charge in [-0.1, -0.05) is 11.6 Å². The molecule has 0 aromatic carbocycles. The Bertz CT molecular complexity index is 395. The molecule has 14 heavy (non-hydrogen) atoms. The average Bonchev–Trinajstić information content (AvgIpc) is 2.48. The summed E-state index contributed by atoms with van der Waals surface area (Å²) in [6.45, 7) is 0. The molecule has 0 aliphatic rings. The zero-order valence-corrected chi connectivity index (χ0v) is 9.49. The molecule has 0 saturated heterocycles. The van der Waals surface area contributed by atoms with E-state index >= 15 is 0 Å². The van der Waals surface area contributed by atoms with Gasteiger partial charge < -0.3 is 5.73 Å². The number of hydrogen-bond donors (Lipinski definition) is 1. The van der Waals surface area contributed by atoms with Gasteiger partial charge in [0.1, 0.15) is 0 Å². The summed E-state index contributed by atoms with van der Waals surface area (Å²) in [5.74, 6) is 0. The first-order chi connectivity index (χ1) is 6.29. The van der Waals surface area contributed by atoms with Crippen LogP contribution in [-0.2, 0) is 0 Å². The van der Waals surface area contributed by atoms with Crippen molar-refractivity contribution in [3.8, 4) is 11.1 Å². The summed E-state index contributed by atoms with van der Waals surface area (Å²) in [6, 6.07) is 3.79. The van der Waals surface area contributed by atoms with E-state index in [0.29, 0.717) is 5.02 Å². The highest BCUT2D eigenvalue weighted by atomic mass is 35.5. The molecule has 0 saturated carbocycles. The minimum atomic E-state index is 0. The first kappa shape index (κ1) is 11.3. The summed E-state index contributed by atoms with van der Waals surface area (Å²) in [6.07, 6.45) is 3.45. The molecule has 5 heteroatoms. The van der Waals surface area contributed by atoms with Gasteiger partial charge in [0, 0.05) is 23.3 Å². The second-order valence-corrected chi connectivity index (χ2v) is 3.88. The highest BCUT2D eigenvalue weighted by Gasteiger charge is 2.08. The Kier molecular flexibility index (Phi) is 3.75. The van der Waals surface area contributed by atoms with Gasteiger partial charge in [0.2, 0.25) is 0 Å². The standard InChI is InChI=1S/C9H7ClN2S.ClH/c10-7-5-13-9(11)8(7)6-1-3-12-4-2-6;/h1-5H,11H2;1H. The molecule has 2 N–H and O–H groups in total. The molecule has 0 bridgehead atoms. The van der Waals surface area contributed by atoms with Gasteiger partial charge in [-0.3, -0.25) is 4.98 Å². The van der Waals surface area contributed by atoms with E-state index in [-0.39, 0.29) is 12.4 Å². The third-order valence-electron chi connectivity index (χ3n) is 1.74. The van der Waals surface area contributed by atoms with Crippen molar-refractivity contribution in [2.75, 3.05) is 5.73 Å². The van der Waals surface area contributed by atoms with Gasteiger partial charge >= 0.3 is 0 Å². The van der Waals surface area contributed by atoms with Crippen molar-refractivity contribution in [3.05, 3.63) is 34.9 Å². The van der Waals surface area contributed by atoms with Crippen LogP contribution in [0.15, 0.2) is 29.9 Å². The summed E-state index contributed by atoms with van der Waals surface area (Å²) in [5, 5.41) is 3.29. The fourth-order valence-electron chi connectivity index (χ4n) is 1.15. The summed E-state index contributed by atoms with van der Waals surface area (Å²) >= 11 is 7.44. The predicted octanol–water partition coefficient (Wildman–Crippen LogP) is 3.47. The van der Waals surface area contributed by atoms with E-state index in [4.69, 9.17) is 17.3 Å². The number of nitrogen functional groups attached to an aromatic ring is 1. The lowest BCUT2D eigenvalue weighted by molar-refractivity contribution is 1.33. The van der Waals surface area contributed by atoms with E-state index in [0.717, 1.165) is 16.1 Å². The molecule has 0 aliphatic heterocycles. The number of hydrogen-bond acceptors (Lipinski definition) is 3. The largest absolute Gasteiger partial charge is 0.390 e. The SMILES string of the molecule is Cl.Nc1scc(Cl)c1-c1ccncc1. The van der Waals surface area contributed by atoms with Crippen LogP contribution in [0.5, 0.6) is 0 Å². The van der Waals surface area contributed by atoms with E-state index < -0.39 is 0 Å². The smallest absolute Gasteiger partial charge is 0.0951 e. The van der Waals surface area contributed by atoms with E-state index in [1.165, 1.54) is 11.3 Å². The molecule has 0 radical (unpaired) electrons. The van der Waals surface area contributed by atoms with Crippen LogP contribution >= 0.6 is 35.3 Å². The molecule has 2 aromatic heterocycles. The van der Waals surface area contributed by atoms with E-state index in [9.17, 15) is 0 Å². The number of thiophene rings is 1. The van der Waals surface area contributed by atoms with Gasteiger partial charge in [-0.25, -0.2) is 0 Å². The van der Waals surface area contributed by atoms with Gasteiger partial charge in [0.25, 0.3) is 0 Å². The lowest BCUT2D eigenvalue weighted by Crippen LogP contribution is -1.84. The second kappa shape index (κ2) is 4.64. The molecule has 0 fully saturated rings. The average molecular weight is 247 g/mol. The second-order valence-electron chi connectivity index (χ2n) is 2.56. The Hall–Kier alpha value is -0.770. The summed E-state index contributed by atoms with van der Waals surface area (Å²) < 4.78 is 0. The molecule has 2 aromatic rings. The molecule has 2 nitrogen and oxygen atoms in total. The maximum absolute atomic E-state index is 5.99. The number of pyridine rings is 1. The van der Waals surface area contributed by atoms with Gasteiger partial charge in [-0.05, 0) is 17.7 Å². The van der Waals surface area contributed by atoms with Gasteiger partial charge in [-0.2, -0.15) is 0 Å². The molecule has 0 atom stereocenters. The van der Waals surface area contributed by atoms with Crippen LogP contribution in [-0.4, -0.2) is 4.98 Å². The van der Waals surface area contributed by atoms with Crippen molar-refractivity contribution in [2.45, 2.75) is 0 Å². The number of anilines is 1. The highest BCUT2D eigenvalue weighted by Crippen LogP contribution is 2.37. The van der Waals surface area contributed by atoms with Crippen molar-refractivity contribution in [1.82, 2.24) is 4.98 Å². The molecule has 0 aliphatic carbocycles. The zero-order valence-electron chi connectivity index (χ0n) is 7.11. The monoisotopic (exact) mass is 246 g/mol. The number of nitrogens with two attached hydrogens (primary N) is 1. The van der Waals surface area contributed by atoms with E-state index in [2.05, 4.69) is 4.98 Å². The van der Waals surface area contributed by atoms with Crippen LogP contribution in [0.1, 0.15) is 0 Å². The third kappa shape index (κ3) is 2.00. The molecular weight excluding hydrogens is 239 g/mol. The lowest BCUT2D eigenvalue weighted by atomic mass is 10.1. The Labute approximate surface area is 97.1 Å². The minimum Gasteiger partial charge on any atom is -0.390 e. The van der Waals surface area contributed by atoms with Crippen LogP contribution in [0.3, 0.4) is 0 Å². The number of nitrogens with zero attached hydrogens (tertiary/aromatic N) is 1. The number of halogens is 2. The Balaban J connectivity index is 0.000000980. The van der Waals surface area contributed by atoms with Crippen molar-refractivity contribution in [1.29, 1.82) is 0 Å². The Morgan fingerprint density at radius 2 is 1.93 bits per heavy atom. The van der Waals surface area contributed by atoms with Crippen molar-refractivity contribution in [2.24, 2.45) is 0 Å². The first-order valence-electron chi connectivity index (χ1n) is 3.72. The summed E-state index contributed by atoms with van der Waals surface area (Å²) in [7, 11) is 0. The molecule has 2 heterocycles. The van der Waals surface area contributed by atoms with Crippen molar-refractivity contribution < 1.29 is 0 Å². The van der Waals surface area contributed by atoms with Gasteiger partial charge in [0.05, 0.1) is 10.0 Å². The molecular formula is C9H8Cl2N2S. The summed E-state index contributed by atoms with van der Waals surface area (Å²) in [5.41, 5.74) is 7.71. The van der Waals surface area contributed by atoms with Crippen LogP contribution in [0, 0.1) is 0 Å². The van der Waals surface area contributed by atoms with E-state index in [1.54, 1.807) is 12.4 Å². The summed E-state index contributed by atoms with van der Waals surface area (Å²) in [4.78, 5) is 3.93. The predicted molar refractivity (Wildman–Crippen MR) is 64.2 cm³/mol. The fourth-order valence-corrected chi connectivity index (χ4v) is 2.24. The van der Waals surface area contributed by atoms with Crippen LogP contribution < -0.4 is 5.73 Å². The molecule has 0 unspecified atom stereocenters. The zero-order chi connectivity index (χ0) is 9.26. The van der Waals surface area contributed by atoms with Gasteiger partial charge in [-0.15, -0.1) is 23.7 Å². The normalized spacial score (nSPS) is 9.50. The first-order valence-corrected chi connectivity index (χ1v) is 4.97.